The van der Waals surface area contributed by atoms with Gasteiger partial charge >= 0.3 is 0 Å². The average Bonchev–Trinajstić information content (AvgIpc) is 3.43. The van der Waals surface area contributed by atoms with Crippen LogP contribution in [0.25, 0.3) is 16.5 Å². The molecule has 206 valence electrons. The molecule has 41 heavy (non-hydrogen) atoms. The molecule has 5 aromatic rings. The van der Waals surface area contributed by atoms with Gasteiger partial charge in [0.05, 0.1) is 17.8 Å². The van der Waals surface area contributed by atoms with E-state index in [0.29, 0.717) is 18.1 Å². The minimum atomic E-state index is -0.145. The average molecular weight is 560 g/mol. The SMILES string of the molecule is Cc1c([C@@H]2[C@@H](c3ccccn3)NC(=S)N2CCC(=O)Nc2cccc3ccccc23)c(C)n(-c2ccccc2)c1C. The lowest BCUT2D eigenvalue weighted by Crippen LogP contribution is -2.33. The first kappa shape index (κ1) is 26.7. The molecule has 0 radical (unpaired) electrons. The third kappa shape index (κ3) is 4.98. The lowest BCUT2D eigenvalue weighted by atomic mass is 9.93. The van der Waals surface area contributed by atoms with Gasteiger partial charge in [0.25, 0.3) is 0 Å². The molecule has 1 amide bonds. The molecule has 2 aromatic heterocycles. The molecule has 1 saturated heterocycles. The third-order valence-electron chi connectivity index (χ3n) is 8.16. The summed E-state index contributed by atoms with van der Waals surface area (Å²) in [6, 6.07) is 30.2. The van der Waals surface area contributed by atoms with E-state index >= 15 is 0 Å². The molecule has 6 nitrogen and oxygen atoms in total. The van der Waals surface area contributed by atoms with Crippen molar-refractivity contribution in [3.8, 4) is 5.69 Å². The second-order valence-corrected chi connectivity index (χ2v) is 10.9. The number of hydrogen-bond acceptors (Lipinski definition) is 3. The fourth-order valence-corrected chi connectivity index (χ4v) is 6.47. The molecular formula is C34H33N5OS. The van der Waals surface area contributed by atoms with Gasteiger partial charge in [-0.3, -0.25) is 9.78 Å². The minimum absolute atomic E-state index is 0.0457. The Morgan fingerprint density at radius 1 is 0.902 bits per heavy atom. The van der Waals surface area contributed by atoms with Crippen molar-refractivity contribution in [1.82, 2.24) is 19.8 Å². The van der Waals surface area contributed by atoms with Crippen LogP contribution in [0.2, 0.25) is 0 Å². The van der Waals surface area contributed by atoms with Crippen molar-refractivity contribution in [3.05, 3.63) is 125 Å². The van der Waals surface area contributed by atoms with Gasteiger partial charge in [-0.2, -0.15) is 0 Å². The summed E-state index contributed by atoms with van der Waals surface area (Å²) in [5.41, 5.74) is 7.65. The van der Waals surface area contributed by atoms with Crippen molar-refractivity contribution < 1.29 is 4.79 Å². The molecule has 1 fully saturated rings. The largest absolute Gasteiger partial charge is 0.352 e. The van der Waals surface area contributed by atoms with Gasteiger partial charge in [0.2, 0.25) is 5.91 Å². The Kier molecular flexibility index (Phi) is 7.28. The molecule has 7 heteroatoms. The normalized spacial score (nSPS) is 16.7. The zero-order valence-electron chi connectivity index (χ0n) is 23.5. The summed E-state index contributed by atoms with van der Waals surface area (Å²) in [5.74, 6) is -0.0457. The third-order valence-corrected chi connectivity index (χ3v) is 8.51. The maximum Gasteiger partial charge on any atom is 0.226 e. The molecule has 0 bridgehead atoms. The molecule has 0 aliphatic carbocycles. The summed E-state index contributed by atoms with van der Waals surface area (Å²) < 4.78 is 2.31. The highest BCUT2D eigenvalue weighted by Crippen LogP contribution is 2.43. The number of rotatable bonds is 7. The van der Waals surface area contributed by atoms with E-state index in [1.165, 1.54) is 16.8 Å². The van der Waals surface area contributed by atoms with Crippen molar-refractivity contribution >= 4 is 39.7 Å². The number of pyridine rings is 1. The number of carbonyl (C=O) groups excluding carboxylic acids is 1. The van der Waals surface area contributed by atoms with Crippen molar-refractivity contribution in [2.45, 2.75) is 39.3 Å². The summed E-state index contributed by atoms with van der Waals surface area (Å²) in [6.45, 7) is 6.99. The first-order valence-electron chi connectivity index (χ1n) is 13.9. The van der Waals surface area contributed by atoms with Gasteiger partial charge in [-0.1, -0.05) is 60.7 Å². The second kappa shape index (κ2) is 11.2. The van der Waals surface area contributed by atoms with Crippen molar-refractivity contribution in [3.63, 3.8) is 0 Å². The number of nitrogens with one attached hydrogen (secondary N) is 2. The fraction of sp³-hybridized carbons (Fsp3) is 0.206. The Labute approximate surface area is 246 Å². The predicted molar refractivity (Wildman–Crippen MR) is 169 cm³/mol. The van der Waals surface area contributed by atoms with Crippen LogP contribution in [0.4, 0.5) is 5.69 Å². The van der Waals surface area contributed by atoms with E-state index in [0.717, 1.165) is 33.5 Å². The molecule has 0 saturated carbocycles. The number of aromatic nitrogens is 2. The number of fused-ring (bicyclic) bond motifs is 1. The molecule has 2 atom stereocenters. The van der Waals surface area contributed by atoms with E-state index in [-0.39, 0.29) is 18.0 Å². The van der Waals surface area contributed by atoms with Crippen LogP contribution in [-0.2, 0) is 4.79 Å². The standard InChI is InChI=1S/C34H33N5OS/c1-22-23(2)39(26-14-5-4-6-15-26)24(3)31(22)33-32(29-17-9-10-20-35-29)37-34(41)38(33)21-19-30(40)36-28-18-11-13-25-12-7-8-16-27(25)28/h4-18,20,32-33H,19,21H2,1-3H3,(H,36,40)(H,37,41)/t32-,33-/m1/s1. The van der Waals surface area contributed by atoms with Crippen molar-refractivity contribution in [2.24, 2.45) is 0 Å². The Morgan fingerprint density at radius 2 is 1.63 bits per heavy atom. The molecule has 6 rings (SSSR count). The molecule has 3 aromatic carbocycles. The van der Waals surface area contributed by atoms with E-state index in [4.69, 9.17) is 17.2 Å². The van der Waals surface area contributed by atoms with Crippen LogP contribution >= 0.6 is 12.2 Å². The molecule has 0 spiro atoms. The van der Waals surface area contributed by atoms with Crippen LogP contribution in [0.15, 0.2) is 97.2 Å². The molecule has 1 aliphatic rings. The maximum absolute atomic E-state index is 13.3. The van der Waals surface area contributed by atoms with Gasteiger partial charge in [-0.05, 0) is 74.3 Å². The number of amides is 1. The maximum atomic E-state index is 13.3. The Bertz CT molecular complexity index is 1730. The topological polar surface area (TPSA) is 62.2 Å². The highest BCUT2D eigenvalue weighted by Gasteiger charge is 2.42. The summed E-state index contributed by atoms with van der Waals surface area (Å²) >= 11 is 5.91. The van der Waals surface area contributed by atoms with Crippen LogP contribution in [0.1, 0.15) is 46.7 Å². The zero-order chi connectivity index (χ0) is 28.5. The lowest BCUT2D eigenvalue weighted by Gasteiger charge is -2.29. The quantitative estimate of drug-likeness (QED) is 0.211. The van der Waals surface area contributed by atoms with Crippen LogP contribution in [0, 0.1) is 20.8 Å². The second-order valence-electron chi connectivity index (χ2n) is 10.5. The Morgan fingerprint density at radius 3 is 2.41 bits per heavy atom. The first-order chi connectivity index (χ1) is 19.9. The molecule has 3 heterocycles. The van der Waals surface area contributed by atoms with E-state index < -0.39 is 0 Å². The minimum Gasteiger partial charge on any atom is -0.352 e. The van der Waals surface area contributed by atoms with Gasteiger partial charge in [0, 0.05) is 52.9 Å². The van der Waals surface area contributed by atoms with Gasteiger partial charge < -0.3 is 20.1 Å². The number of anilines is 1. The summed E-state index contributed by atoms with van der Waals surface area (Å²) in [7, 11) is 0. The number of thiocarbonyl (C=S) groups is 1. The highest BCUT2D eigenvalue weighted by atomic mass is 32.1. The van der Waals surface area contributed by atoms with Crippen LogP contribution < -0.4 is 10.6 Å². The van der Waals surface area contributed by atoms with Crippen LogP contribution in [-0.4, -0.2) is 32.0 Å². The van der Waals surface area contributed by atoms with E-state index in [9.17, 15) is 4.79 Å². The number of hydrogen-bond donors (Lipinski definition) is 2. The van der Waals surface area contributed by atoms with Crippen molar-refractivity contribution in [2.75, 3.05) is 11.9 Å². The predicted octanol–water partition coefficient (Wildman–Crippen LogP) is 6.95. The van der Waals surface area contributed by atoms with Crippen molar-refractivity contribution in [1.29, 1.82) is 0 Å². The molecule has 1 aliphatic heterocycles. The Hall–Kier alpha value is -4.49. The van der Waals surface area contributed by atoms with E-state index in [1.54, 1.807) is 0 Å². The first-order valence-corrected chi connectivity index (χ1v) is 14.3. The summed E-state index contributed by atoms with van der Waals surface area (Å²) in [4.78, 5) is 20.1. The van der Waals surface area contributed by atoms with Gasteiger partial charge in [0.1, 0.15) is 0 Å². The molecular weight excluding hydrogens is 526 g/mol. The summed E-state index contributed by atoms with van der Waals surface area (Å²) in [6.07, 6.45) is 2.12. The van der Waals surface area contributed by atoms with E-state index in [1.807, 2.05) is 60.8 Å². The number of nitrogens with zero attached hydrogens (tertiary/aromatic N) is 3. The smallest absolute Gasteiger partial charge is 0.226 e. The highest BCUT2D eigenvalue weighted by molar-refractivity contribution is 7.80. The number of benzene rings is 3. The number of para-hydroxylation sites is 1. The monoisotopic (exact) mass is 559 g/mol. The van der Waals surface area contributed by atoms with Gasteiger partial charge in [-0.15, -0.1) is 0 Å². The lowest BCUT2D eigenvalue weighted by molar-refractivity contribution is -0.116. The zero-order valence-corrected chi connectivity index (χ0v) is 24.3. The van der Waals surface area contributed by atoms with Crippen LogP contribution in [0.3, 0.4) is 0 Å². The van der Waals surface area contributed by atoms with Gasteiger partial charge in [0.15, 0.2) is 5.11 Å². The fourth-order valence-electron chi connectivity index (χ4n) is 6.14. The Balaban J connectivity index is 1.33. The van der Waals surface area contributed by atoms with Crippen LogP contribution in [0.5, 0.6) is 0 Å². The van der Waals surface area contributed by atoms with E-state index in [2.05, 4.69) is 77.3 Å². The molecule has 0 unspecified atom stereocenters. The van der Waals surface area contributed by atoms with Gasteiger partial charge in [-0.25, -0.2) is 0 Å². The molecule has 2 N–H and O–H groups in total. The number of carbonyl (C=O) groups is 1. The summed E-state index contributed by atoms with van der Waals surface area (Å²) in [5, 5.41) is 9.43.